The second-order valence-electron chi connectivity index (χ2n) is 4.76. The number of rotatable bonds is 8. The van der Waals surface area contributed by atoms with Crippen LogP contribution in [0.1, 0.15) is 38.2 Å². The second-order valence-corrected chi connectivity index (χ2v) is 4.76. The van der Waals surface area contributed by atoms with Crippen molar-refractivity contribution in [3.8, 4) is 5.75 Å². The summed E-state index contributed by atoms with van der Waals surface area (Å²) in [5, 5.41) is 6.65. The van der Waals surface area contributed by atoms with Gasteiger partial charge in [-0.05, 0) is 24.1 Å². The number of methoxy groups -OCH3 is 1. The van der Waals surface area contributed by atoms with Crippen LogP contribution in [0.2, 0.25) is 0 Å². The molecule has 0 bridgehead atoms. The molecular weight excluding hydrogens is 250 g/mol. The summed E-state index contributed by atoms with van der Waals surface area (Å²) in [6, 6.07) is 8.05. The molecule has 0 aliphatic rings. The van der Waals surface area contributed by atoms with Gasteiger partial charge < -0.3 is 15.4 Å². The molecule has 0 saturated heterocycles. The minimum atomic E-state index is 0.742. The molecule has 0 unspecified atom stereocenters. The minimum Gasteiger partial charge on any atom is -0.497 e. The Morgan fingerprint density at radius 3 is 2.75 bits per heavy atom. The summed E-state index contributed by atoms with van der Waals surface area (Å²) >= 11 is 0. The lowest BCUT2D eigenvalue weighted by Crippen LogP contribution is -2.37. The summed E-state index contributed by atoms with van der Waals surface area (Å²) in [4.78, 5) is 4.23. The van der Waals surface area contributed by atoms with E-state index in [2.05, 4.69) is 28.6 Å². The highest BCUT2D eigenvalue weighted by Crippen LogP contribution is 2.11. The van der Waals surface area contributed by atoms with E-state index in [1.54, 1.807) is 14.2 Å². The molecule has 0 fully saturated rings. The first kappa shape index (κ1) is 16.3. The Balaban J connectivity index is 2.30. The first-order valence-electron chi connectivity index (χ1n) is 7.37. The fraction of sp³-hybridized carbons (Fsp3) is 0.562. The Bertz CT molecular complexity index is 404. The van der Waals surface area contributed by atoms with Crippen LogP contribution in [0, 0.1) is 0 Å². The zero-order chi connectivity index (χ0) is 14.6. The van der Waals surface area contributed by atoms with Gasteiger partial charge in [0.1, 0.15) is 5.75 Å². The molecule has 0 atom stereocenters. The number of guanidine groups is 1. The van der Waals surface area contributed by atoms with Crippen LogP contribution in [-0.2, 0) is 6.54 Å². The molecule has 0 saturated carbocycles. The Kier molecular flexibility index (Phi) is 8.27. The normalized spacial score (nSPS) is 11.2. The third kappa shape index (κ3) is 6.45. The van der Waals surface area contributed by atoms with Gasteiger partial charge >= 0.3 is 0 Å². The SMILES string of the molecule is CCCCCCNC(=NC)NCc1cccc(OC)c1. The number of aliphatic imine (C=N–C) groups is 1. The van der Waals surface area contributed by atoms with E-state index in [9.17, 15) is 0 Å². The summed E-state index contributed by atoms with van der Waals surface area (Å²) in [6.07, 6.45) is 5.03. The van der Waals surface area contributed by atoms with E-state index in [0.29, 0.717) is 0 Å². The quantitative estimate of drug-likeness (QED) is 0.436. The molecule has 0 aliphatic heterocycles. The van der Waals surface area contributed by atoms with Crippen molar-refractivity contribution in [2.24, 2.45) is 4.99 Å². The van der Waals surface area contributed by atoms with Crippen molar-refractivity contribution in [1.82, 2.24) is 10.6 Å². The lowest BCUT2D eigenvalue weighted by Gasteiger charge is -2.12. The van der Waals surface area contributed by atoms with Gasteiger partial charge in [0.2, 0.25) is 0 Å². The van der Waals surface area contributed by atoms with Crippen molar-refractivity contribution in [2.45, 2.75) is 39.2 Å². The number of nitrogens with zero attached hydrogens (tertiary/aromatic N) is 1. The third-order valence-electron chi connectivity index (χ3n) is 3.14. The molecule has 2 N–H and O–H groups in total. The minimum absolute atomic E-state index is 0.742. The van der Waals surface area contributed by atoms with E-state index in [1.165, 1.54) is 31.2 Å². The van der Waals surface area contributed by atoms with Gasteiger partial charge in [0, 0.05) is 20.1 Å². The number of hydrogen-bond acceptors (Lipinski definition) is 2. The first-order valence-corrected chi connectivity index (χ1v) is 7.37. The molecule has 20 heavy (non-hydrogen) atoms. The van der Waals surface area contributed by atoms with Crippen LogP contribution in [0.25, 0.3) is 0 Å². The highest BCUT2D eigenvalue weighted by Gasteiger charge is 1.99. The van der Waals surface area contributed by atoms with E-state index < -0.39 is 0 Å². The van der Waals surface area contributed by atoms with Crippen molar-refractivity contribution in [3.05, 3.63) is 29.8 Å². The maximum atomic E-state index is 5.22. The second kappa shape index (κ2) is 10.1. The van der Waals surface area contributed by atoms with Gasteiger partial charge in [-0.25, -0.2) is 0 Å². The van der Waals surface area contributed by atoms with Gasteiger partial charge in [-0.1, -0.05) is 38.3 Å². The van der Waals surface area contributed by atoms with Crippen LogP contribution in [0.5, 0.6) is 5.75 Å². The van der Waals surface area contributed by atoms with E-state index in [-0.39, 0.29) is 0 Å². The van der Waals surface area contributed by atoms with Gasteiger partial charge in [-0.3, -0.25) is 4.99 Å². The maximum Gasteiger partial charge on any atom is 0.191 e. The van der Waals surface area contributed by atoms with Crippen molar-refractivity contribution in [3.63, 3.8) is 0 Å². The number of unbranched alkanes of at least 4 members (excludes halogenated alkanes) is 3. The van der Waals surface area contributed by atoms with E-state index >= 15 is 0 Å². The highest BCUT2D eigenvalue weighted by molar-refractivity contribution is 5.79. The van der Waals surface area contributed by atoms with Crippen molar-refractivity contribution < 1.29 is 4.74 Å². The maximum absolute atomic E-state index is 5.22. The zero-order valence-corrected chi connectivity index (χ0v) is 12.9. The van der Waals surface area contributed by atoms with E-state index in [0.717, 1.165) is 24.8 Å². The molecule has 1 aromatic carbocycles. The van der Waals surface area contributed by atoms with Crippen LogP contribution in [0.3, 0.4) is 0 Å². The predicted molar refractivity (Wildman–Crippen MR) is 85.3 cm³/mol. The number of nitrogens with one attached hydrogen (secondary N) is 2. The summed E-state index contributed by atoms with van der Waals surface area (Å²) in [6.45, 7) is 3.94. The highest BCUT2D eigenvalue weighted by atomic mass is 16.5. The summed E-state index contributed by atoms with van der Waals surface area (Å²) in [7, 11) is 3.48. The third-order valence-corrected chi connectivity index (χ3v) is 3.14. The molecular formula is C16H27N3O. The molecule has 0 radical (unpaired) electrons. The Morgan fingerprint density at radius 2 is 2.05 bits per heavy atom. The molecule has 0 heterocycles. The molecule has 1 aromatic rings. The average Bonchev–Trinajstić information content (AvgIpc) is 2.50. The average molecular weight is 277 g/mol. The Labute approximate surface area is 122 Å². The van der Waals surface area contributed by atoms with Crippen LogP contribution in [-0.4, -0.2) is 26.7 Å². The molecule has 1 rings (SSSR count). The summed E-state index contributed by atoms with van der Waals surface area (Å²) < 4.78 is 5.22. The topological polar surface area (TPSA) is 45.7 Å². The van der Waals surface area contributed by atoms with Gasteiger partial charge in [0.15, 0.2) is 5.96 Å². The van der Waals surface area contributed by atoms with E-state index in [1.807, 2.05) is 18.2 Å². The molecule has 0 aliphatic carbocycles. The predicted octanol–water partition coefficient (Wildman–Crippen LogP) is 2.94. The number of benzene rings is 1. The van der Waals surface area contributed by atoms with Crippen LogP contribution in [0.15, 0.2) is 29.3 Å². The van der Waals surface area contributed by atoms with Crippen molar-refractivity contribution in [2.75, 3.05) is 20.7 Å². The lowest BCUT2D eigenvalue weighted by molar-refractivity contribution is 0.414. The fourth-order valence-electron chi connectivity index (χ4n) is 1.95. The van der Waals surface area contributed by atoms with Gasteiger partial charge in [-0.15, -0.1) is 0 Å². The Morgan fingerprint density at radius 1 is 1.20 bits per heavy atom. The van der Waals surface area contributed by atoms with Crippen LogP contribution in [0.4, 0.5) is 0 Å². The van der Waals surface area contributed by atoms with Gasteiger partial charge in [0.05, 0.1) is 7.11 Å². The smallest absolute Gasteiger partial charge is 0.191 e. The summed E-state index contributed by atoms with van der Waals surface area (Å²) in [5.74, 6) is 1.73. The molecule has 0 amide bonds. The summed E-state index contributed by atoms with van der Waals surface area (Å²) in [5.41, 5.74) is 1.18. The van der Waals surface area contributed by atoms with Gasteiger partial charge in [-0.2, -0.15) is 0 Å². The van der Waals surface area contributed by atoms with Crippen LogP contribution >= 0.6 is 0 Å². The molecule has 4 nitrogen and oxygen atoms in total. The van der Waals surface area contributed by atoms with Crippen molar-refractivity contribution in [1.29, 1.82) is 0 Å². The fourth-order valence-corrected chi connectivity index (χ4v) is 1.95. The largest absolute Gasteiger partial charge is 0.497 e. The monoisotopic (exact) mass is 277 g/mol. The molecule has 112 valence electrons. The number of hydrogen-bond donors (Lipinski definition) is 2. The lowest BCUT2D eigenvalue weighted by atomic mass is 10.2. The van der Waals surface area contributed by atoms with Crippen LogP contribution < -0.4 is 15.4 Å². The first-order chi connectivity index (χ1) is 9.80. The van der Waals surface area contributed by atoms with Gasteiger partial charge in [0.25, 0.3) is 0 Å². The zero-order valence-electron chi connectivity index (χ0n) is 12.9. The number of ether oxygens (including phenoxy) is 1. The Hall–Kier alpha value is -1.71. The molecule has 0 spiro atoms. The standard InChI is InChI=1S/C16H27N3O/c1-4-5-6-7-11-18-16(17-2)19-13-14-9-8-10-15(12-14)20-3/h8-10,12H,4-7,11,13H2,1-3H3,(H2,17,18,19). The molecule has 0 aromatic heterocycles. The van der Waals surface area contributed by atoms with Crippen molar-refractivity contribution >= 4 is 5.96 Å². The molecule has 4 heteroatoms. The van der Waals surface area contributed by atoms with E-state index in [4.69, 9.17) is 4.74 Å².